The number of imidazole rings is 1. The molecule has 3 atom stereocenters. The number of aromatic nitrogens is 2. The van der Waals surface area contributed by atoms with Crippen LogP contribution in [0, 0.1) is 5.92 Å². The molecule has 2 heterocycles. The van der Waals surface area contributed by atoms with Gasteiger partial charge in [0, 0.05) is 42.1 Å². The van der Waals surface area contributed by atoms with E-state index in [-0.39, 0.29) is 29.6 Å². The molecule has 0 bridgehead atoms. The van der Waals surface area contributed by atoms with Crippen LogP contribution in [0.5, 0.6) is 0 Å². The molecule has 5 rings (SSSR count). The van der Waals surface area contributed by atoms with Crippen molar-refractivity contribution in [3.05, 3.63) is 69.1 Å². The van der Waals surface area contributed by atoms with Gasteiger partial charge in [0.05, 0.1) is 11.0 Å². The first kappa shape index (κ1) is 21.5. The highest BCUT2D eigenvalue weighted by Gasteiger charge is 2.44. The zero-order valence-corrected chi connectivity index (χ0v) is 19.8. The van der Waals surface area contributed by atoms with Gasteiger partial charge in [-0.05, 0) is 55.9 Å². The molecule has 1 amide bonds. The molecule has 32 heavy (non-hydrogen) atoms. The van der Waals surface area contributed by atoms with E-state index in [1.54, 1.807) is 0 Å². The van der Waals surface area contributed by atoms with Crippen molar-refractivity contribution in [2.45, 2.75) is 44.2 Å². The summed E-state index contributed by atoms with van der Waals surface area (Å²) in [5.41, 5.74) is 3.07. The van der Waals surface area contributed by atoms with Crippen LogP contribution in [0.25, 0.3) is 11.0 Å². The summed E-state index contributed by atoms with van der Waals surface area (Å²) in [5, 5.41) is 3.22. The zero-order chi connectivity index (χ0) is 22.2. The second-order valence-corrected chi connectivity index (χ2v) is 10.2. The van der Waals surface area contributed by atoms with Gasteiger partial charge in [0.15, 0.2) is 0 Å². The van der Waals surface area contributed by atoms with Crippen LogP contribution in [0.4, 0.5) is 0 Å². The van der Waals surface area contributed by atoms with Gasteiger partial charge in [0.2, 0.25) is 5.91 Å². The second kappa shape index (κ2) is 8.87. The molecule has 2 aromatic carbocycles. The lowest BCUT2D eigenvalue weighted by atomic mass is 10.0. The fourth-order valence-corrected chi connectivity index (χ4v) is 5.52. The van der Waals surface area contributed by atoms with Gasteiger partial charge in [-0.15, -0.1) is 0 Å². The van der Waals surface area contributed by atoms with E-state index in [0.717, 1.165) is 54.4 Å². The van der Waals surface area contributed by atoms with Crippen molar-refractivity contribution < 1.29 is 4.79 Å². The van der Waals surface area contributed by atoms with Crippen molar-refractivity contribution in [2.75, 3.05) is 19.6 Å². The smallest absolute Gasteiger partial charge is 0.326 e. The third-order valence-corrected chi connectivity index (χ3v) is 7.37. The summed E-state index contributed by atoms with van der Waals surface area (Å²) >= 11 is 3.47. The van der Waals surface area contributed by atoms with E-state index in [9.17, 15) is 9.59 Å². The van der Waals surface area contributed by atoms with Crippen LogP contribution in [0.2, 0.25) is 0 Å². The highest BCUT2D eigenvalue weighted by Crippen LogP contribution is 2.47. The van der Waals surface area contributed by atoms with Gasteiger partial charge in [-0.2, -0.15) is 0 Å². The van der Waals surface area contributed by atoms with Crippen molar-refractivity contribution >= 4 is 32.9 Å². The monoisotopic (exact) mass is 496 g/mol. The highest BCUT2D eigenvalue weighted by atomic mass is 79.9. The van der Waals surface area contributed by atoms with Gasteiger partial charge >= 0.3 is 5.69 Å². The van der Waals surface area contributed by atoms with Crippen LogP contribution < -0.4 is 11.0 Å². The van der Waals surface area contributed by atoms with Gasteiger partial charge in [0.1, 0.15) is 0 Å². The van der Waals surface area contributed by atoms with Gasteiger partial charge in [0.25, 0.3) is 0 Å². The Hall–Kier alpha value is -2.38. The normalized spacial score (nSPS) is 22.7. The fraction of sp³-hybridized carbons (Fsp3) is 0.440. The number of nitrogens with zero attached hydrogens (tertiary/aromatic N) is 2. The number of hydrogen-bond acceptors (Lipinski definition) is 3. The minimum atomic E-state index is -0.0328. The van der Waals surface area contributed by atoms with Crippen molar-refractivity contribution in [3.8, 4) is 0 Å². The first-order chi connectivity index (χ1) is 15.5. The summed E-state index contributed by atoms with van der Waals surface area (Å²) in [5.74, 6) is 0.659. The van der Waals surface area contributed by atoms with Crippen LogP contribution in [-0.2, 0) is 4.79 Å². The molecule has 1 saturated heterocycles. The lowest BCUT2D eigenvalue weighted by molar-refractivity contribution is -0.123. The standard InChI is InChI=1S/C25H29BrN4O2/c1-16(27-24(31)21-14-20(21)17-5-3-2-4-6-17)15-29-11-9-19(10-12-29)30-23-8-7-18(26)13-22(23)28-25(30)32/h2-8,13,16,19-21H,9-12,14-15H2,1H3,(H,27,31)(H,28,32)/t16-,20?,21?/m0/s1. The van der Waals surface area contributed by atoms with E-state index in [1.807, 2.05) is 41.0 Å². The predicted molar refractivity (Wildman–Crippen MR) is 130 cm³/mol. The first-order valence-electron chi connectivity index (χ1n) is 11.5. The first-order valence-corrected chi connectivity index (χ1v) is 12.3. The van der Waals surface area contributed by atoms with E-state index in [1.165, 1.54) is 5.56 Å². The molecule has 1 aliphatic heterocycles. The minimum absolute atomic E-state index is 0.0328. The SMILES string of the molecule is C[C@@H](CN1CCC(n2c(=O)[nH]c3cc(Br)ccc32)CC1)NC(=O)C1CC1c1ccccc1. The number of amides is 1. The lowest BCUT2D eigenvalue weighted by Crippen LogP contribution is -2.45. The predicted octanol–water partition coefficient (Wildman–Crippen LogP) is 4.04. The molecule has 1 aliphatic carbocycles. The minimum Gasteiger partial charge on any atom is -0.352 e. The number of fused-ring (bicyclic) bond motifs is 1. The molecule has 2 unspecified atom stereocenters. The third kappa shape index (κ3) is 4.41. The molecule has 1 aromatic heterocycles. The van der Waals surface area contributed by atoms with Crippen LogP contribution >= 0.6 is 15.9 Å². The maximum absolute atomic E-state index is 12.7. The Morgan fingerprint density at radius 3 is 2.69 bits per heavy atom. The Morgan fingerprint density at radius 2 is 1.94 bits per heavy atom. The molecule has 0 spiro atoms. The van der Waals surface area contributed by atoms with Gasteiger partial charge in [-0.3, -0.25) is 9.36 Å². The van der Waals surface area contributed by atoms with Crippen LogP contribution in [0.1, 0.15) is 43.7 Å². The van der Waals surface area contributed by atoms with Crippen LogP contribution in [0.3, 0.4) is 0 Å². The largest absolute Gasteiger partial charge is 0.352 e. The number of piperidine rings is 1. The number of H-pyrrole nitrogens is 1. The molecule has 2 fully saturated rings. The zero-order valence-electron chi connectivity index (χ0n) is 18.3. The second-order valence-electron chi connectivity index (χ2n) is 9.26. The molecule has 2 aliphatic rings. The van der Waals surface area contributed by atoms with E-state index in [0.29, 0.717) is 5.92 Å². The molecule has 168 valence electrons. The Labute approximate surface area is 196 Å². The van der Waals surface area contributed by atoms with Crippen LogP contribution in [0.15, 0.2) is 57.8 Å². The van der Waals surface area contributed by atoms with E-state index in [2.05, 4.69) is 50.2 Å². The number of carbonyl (C=O) groups is 1. The quantitative estimate of drug-likeness (QED) is 0.540. The summed E-state index contributed by atoms with van der Waals surface area (Å²) in [6.07, 6.45) is 2.81. The molecular formula is C25H29BrN4O2. The summed E-state index contributed by atoms with van der Waals surface area (Å²) in [6, 6.07) is 16.6. The fourth-order valence-electron chi connectivity index (χ4n) is 5.16. The van der Waals surface area contributed by atoms with E-state index in [4.69, 9.17) is 0 Å². The lowest BCUT2D eigenvalue weighted by Gasteiger charge is -2.34. The van der Waals surface area contributed by atoms with Gasteiger partial charge in [-0.25, -0.2) is 4.79 Å². The third-order valence-electron chi connectivity index (χ3n) is 6.88. The van der Waals surface area contributed by atoms with Crippen molar-refractivity contribution in [1.29, 1.82) is 0 Å². The van der Waals surface area contributed by atoms with Gasteiger partial charge in [-0.1, -0.05) is 46.3 Å². The molecule has 0 radical (unpaired) electrons. The molecular weight excluding hydrogens is 468 g/mol. The Bertz CT molecular complexity index is 1160. The Kier molecular flexibility index (Phi) is 5.95. The van der Waals surface area contributed by atoms with Crippen molar-refractivity contribution in [1.82, 2.24) is 19.8 Å². The van der Waals surface area contributed by atoms with E-state index >= 15 is 0 Å². The summed E-state index contributed by atoms with van der Waals surface area (Å²) in [7, 11) is 0. The number of likely N-dealkylation sites (tertiary alicyclic amines) is 1. The Balaban J connectivity index is 1.13. The Morgan fingerprint density at radius 1 is 1.19 bits per heavy atom. The number of benzene rings is 2. The average molecular weight is 497 g/mol. The molecule has 2 N–H and O–H groups in total. The van der Waals surface area contributed by atoms with E-state index < -0.39 is 0 Å². The molecule has 3 aromatic rings. The number of aromatic amines is 1. The van der Waals surface area contributed by atoms with Gasteiger partial charge < -0.3 is 15.2 Å². The molecule has 7 heteroatoms. The number of hydrogen-bond donors (Lipinski definition) is 2. The van der Waals surface area contributed by atoms with Crippen molar-refractivity contribution in [3.63, 3.8) is 0 Å². The maximum Gasteiger partial charge on any atom is 0.326 e. The number of rotatable bonds is 6. The average Bonchev–Trinajstić information content (AvgIpc) is 3.52. The number of halogens is 1. The maximum atomic E-state index is 12.7. The topological polar surface area (TPSA) is 70.1 Å². The highest BCUT2D eigenvalue weighted by molar-refractivity contribution is 9.10. The number of carbonyl (C=O) groups excluding carboxylic acids is 1. The number of nitrogens with one attached hydrogen (secondary N) is 2. The van der Waals surface area contributed by atoms with Crippen molar-refractivity contribution in [2.24, 2.45) is 5.92 Å². The summed E-state index contributed by atoms with van der Waals surface area (Å²) in [6.45, 7) is 4.79. The van der Waals surface area contributed by atoms with Crippen LogP contribution in [-0.4, -0.2) is 46.0 Å². The summed E-state index contributed by atoms with van der Waals surface area (Å²) < 4.78 is 2.88. The summed E-state index contributed by atoms with van der Waals surface area (Å²) in [4.78, 5) is 30.6. The molecule has 6 nitrogen and oxygen atoms in total. The molecule has 1 saturated carbocycles.